The Morgan fingerprint density at radius 1 is 1.18 bits per heavy atom. The number of nitrogens with zero attached hydrogens (tertiary/aromatic N) is 5. The highest BCUT2D eigenvalue weighted by Gasteiger charge is 2.26. The van der Waals surface area contributed by atoms with Crippen molar-refractivity contribution in [3.05, 3.63) is 36.5 Å². The summed E-state index contributed by atoms with van der Waals surface area (Å²) >= 11 is 0. The highest BCUT2D eigenvalue weighted by molar-refractivity contribution is 5.78. The first kappa shape index (κ1) is 18.3. The summed E-state index contributed by atoms with van der Waals surface area (Å²) < 4.78 is 1.70. The van der Waals surface area contributed by atoms with Crippen LogP contribution in [-0.2, 0) is 4.79 Å². The second-order valence-electron chi connectivity index (χ2n) is 6.94. The summed E-state index contributed by atoms with van der Waals surface area (Å²) in [5.41, 5.74) is 1.70. The lowest BCUT2D eigenvalue weighted by Gasteiger charge is -2.28. The van der Waals surface area contributed by atoms with Crippen LogP contribution in [0.4, 0.5) is 5.95 Å². The molecule has 3 N–H and O–H groups in total. The number of hydrogen-bond donors (Lipinski definition) is 3. The van der Waals surface area contributed by atoms with Gasteiger partial charge in [0, 0.05) is 30.8 Å². The third-order valence-corrected chi connectivity index (χ3v) is 5.05. The van der Waals surface area contributed by atoms with E-state index < -0.39 is 0 Å². The first-order chi connectivity index (χ1) is 13.7. The normalized spacial score (nSPS) is 19.5. The minimum Gasteiger partial charge on any atom is -0.395 e. The van der Waals surface area contributed by atoms with Crippen LogP contribution in [-0.4, -0.2) is 55.2 Å². The van der Waals surface area contributed by atoms with Gasteiger partial charge in [-0.05, 0) is 37.8 Å². The lowest BCUT2D eigenvalue weighted by atomic mass is 9.85. The molecule has 1 aliphatic carbocycles. The molecule has 0 radical (unpaired) electrons. The second kappa shape index (κ2) is 8.30. The summed E-state index contributed by atoms with van der Waals surface area (Å²) in [6, 6.07) is 9.76. The predicted octanol–water partition coefficient (Wildman–Crippen LogP) is 1.29. The Balaban J connectivity index is 1.40. The second-order valence-corrected chi connectivity index (χ2v) is 6.94. The van der Waals surface area contributed by atoms with Gasteiger partial charge in [-0.2, -0.15) is 9.67 Å². The number of aromatic nitrogens is 5. The fourth-order valence-electron chi connectivity index (χ4n) is 3.58. The third kappa shape index (κ3) is 3.94. The van der Waals surface area contributed by atoms with E-state index in [9.17, 15) is 4.79 Å². The van der Waals surface area contributed by atoms with Crippen molar-refractivity contribution in [2.24, 2.45) is 5.92 Å². The summed E-state index contributed by atoms with van der Waals surface area (Å²) in [4.78, 5) is 20.9. The van der Waals surface area contributed by atoms with E-state index in [4.69, 9.17) is 5.11 Å². The van der Waals surface area contributed by atoms with E-state index in [1.54, 1.807) is 16.9 Å². The van der Waals surface area contributed by atoms with E-state index in [0.717, 1.165) is 36.7 Å². The number of carbonyl (C=O) groups is 1. The number of carbonyl (C=O) groups excluding carboxylic acids is 1. The number of fused-ring (bicyclic) bond motifs is 1. The van der Waals surface area contributed by atoms with Gasteiger partial charge in [0.05, 0.1) is 12.1 Å². The van der Waals surface area contributed by atoms with Crippen LogP contribution in [0, 0.1) is 5.92 Å². The topological polar surface area (TPSA) is 118 Å². The fourth-order valence-corrected chi connectivity index (χ4v) is 3.58. The van der Waals surface area contributed by atoms with Crippen LogP contribution < -0.4 is 10.6 Å². The van der Waals surface area contributed by atoms with Crippen molar-refractivity contribution in [3.8, 4) is 5.82 Å². The molecular weight excluding hydrogens is 358 g/mol. The van der Waals surface area contributed by atoms with Crippen LogP contribution in [0.15, 0.2) is 36.5 Å². The van der Waals surface area contributed by atoms with Crippen molar-refractivity contribution in [1.29, 1.82) is 0 Å². The van der Waals surface area contributed by atoms with Gasteiger partial charge >= 0.3 is 0 Å². The van der Waals surface area contributed by atoms with Gasteiger partial charge in [-0.15, -0.1) is 5.10 Å². The maximum absolute atomic E-state index is 12.0. The van der Waals surface area contributed by atoms with Crippen LogP contribution in [0.5, 0.6) is 0 Å². The molecule has 2 aromatic heterocycles. The minimum absolute atomic E-state index is 0.0124. The van der Waals surface area contributed by atoms with E-state index in [1.807, 2.05) is 24.3 Å². The quantitative estimate of drug-likeness (QED) is 0.589. The van der Waals surface area contributed by atoms with Gasteiger partial charge in [-0.3, -0.25) is 4.79 Å². The van der Waals surface area contributed by atoms with Crippen LogP contribution >= 0.6 is 0 Å². The number of amides is 1. The Bertz CT molecular complexity index is 950. The lowest BCUT2D eigenvalue weighted by Crippen LogP contribution is -2.37. The zero-order chi connectivity index (χ0) is 19.3. The summed E-state index contributed by atoms with van der Waals surface area (Å²) in [5, 5.41) is 23.3. The Morgan fingerprint density at radius 2 is 2.00 bits per heavy atom. The Labute approximate surface area is 162 Å². The standard InChI is InChI=1S/C19H23N7O2/c27-12-11-20-18(28)13-5-7-14(8-6-13)22-19-21-10-9-17(23-19)26-16-4-2-1-3-15(16)24-25-26/h1-4,9-10,13-14,27H,5-8,11-12H2,(H,20,28)(H,21,22,23)/t13-,14-. The number of aliphatic hydroxyl groups is 1. The molecule has 1 saturated carbocycles. The van der Waals surface area contributed by atoms with Gasteiger partial charge in [-0.25, -0.2) is 4.98 Å². The molecule has 3 aromatic rings. The van der Waals surface area contributed by atoms with Gasteiger partial charge in [0.15, 0.2) is 5.82 Å². The molecule has 4 rings (SSSR count). The molecule has 0 unspecified atom stereocenters. The SMILES string of the molecule is O=C(NCCO)[C@H]1CC[C@H](Nc2nccc(-n3nnc4ccccc43)n2)CC1. The molecule has 1 fully saturated rings. The number of nitrogens with one attached hydrogen (secondary N) is 2. The molecule has 146 valence electrons. The molecule has 1 aliphatic rings. The molecule has 9 heteroatoms. The molecule has 2 heterocycles. The summed E-state index contributed by atoms with van der Waals surface area (Å²) in [6.45, 7) is 0.284. The highest BCUT2D eigenvalue weighted by atomic mass is 16.3. The van der Waals surface area contributed by atoms with E-state index in [2.05, 4.69) is 30.9 Å². The van der Waals surface area contributed by atoms with Crippen molar-refractivity contribution >= 4 is 22.9 Å². The predicted molar refractivity (Wildman–Crippen MR) is 104 cm³/mol. The molecule has 1 amide bonds. The van der Waals surface area contributed by atoms with Gasteiger partial charge in [0.1, 0.15) is 5.52 Å². The summed E-state index contributed by atoms with van der Waals surface area (Å²) in [6.07, 6.45) is 5.06. The molecule has 1 aromatic carbocycles. The lowest BCUT2D eigenvalue weighted by molar-refractivity contribution is -0.126. The molecule has 0 saturated heterocycles. The van der Waals surface area contributed by atoms with Gasteiger partial charge < -0.3 is 15.7 Å². The number of anilines is 1. The van der Waals surface area contributed by atoms with Crippen molar-refractivity contribution in [2.75, 3.05) is 18.5 Å². The van der Waals surface area contributed by atoms with Gasteiger partial charge in [0.25, 0.3) is 0 Å². The third-order valence-electron chi connectivity index (χ3n) is 5.05. The largest absolute Gasteiger partial charge is 0.395 e. The molecular formula is C19H23N7O2. The Morgan fingerprint density at radius 3 is 2.82 bits per heavy atom. The van der Waals surface area contributed by atoms with Crippen molar-refractivity contribution in [2.45, 2.75) is 31.7 Å². The monoisotopic (exact) mass is 381 g/mol. The van der Waals surface area contributed by atoms with E-state index in [0.29, 0.717) is 18.3 Å². The zero-order valence-electron chi connectivity index (χ0n) is 15.5. The smallest absolute Gasteiger partial charge is 0.224 e. The molecule has 0 spiro atoms. The van der Waals surface area contributed by atoms with Gasteiger partial charge in [0.2, 0.25) is 11.9 Å². The number of rotatable bonds is 6. The Kier molecular flexibility index (Phi) is 5.43. The maximum Gasteiger partial charge on any atom is 0.224 e. The zero-order valence-corrected chi connectivity index (χ0v) is 15.5. The van der Waals surface area contributed by atoms with E-state index in [1.165, 1.54) is 0 Å². The fraction of sp³-hybridized carbons (Fsp3) is 0.421. The summed E-state index contributed by atoms with van der Waals surface area (Å²) in [7, 11) is 0. The van der Waals surface area contributed by atoms with E-state index >= 15 is 0 Å². The first-order valence-electron chi connectivity index (χ1n) is 9.53. The maximum atomic E-state index is 12.0. The molecule has 9 nitrogen and oxygen atoms in total. The molecule has 28 heavy (non-hydrogen) atoms. The average Bonchev–Trinajstić information content (AvgIpc) is 3.17. The summed E-state index contributed by atoms with van der Waals surface area (Å²) in [5.74, 6) is 1.25. The van der Waals surface area contributed by atoms with Gasteiger partial charge in [-0.1, -0.05) is 17.3 Å². The number of benzene rings is 1. The number of para-hydroxylation sites is 1. The van der Waals surface area contributed by atoms with Crippen molar-refractivity contribution < 1.29 is 9.90 Å². The average molecular weight is 381 g/mol. The van der Waals surface area contributed by atoms with Crippen molar-refractivity contribution in [3.63, 3.8) is 0 Å². The van der Waals surface area contributed by atoms with Crippen LogP contribution in [0.2, 0.25) is 0 Å². The number of aliphatic hydroxyl groups excluding tert-OH is 1. The first-order valence-corrected chi connectivity index (χ1v) is 9.53. The molecule has 0 atom stereocenters. The molecule has 0 aliphatic heterocycles. The number of hydrogen-bond acceptors (Lipinski definition) is 7. The Hall–Kier alpha value is -3.07. The van der Waals surface area contributed by atoms with Crippen molar-refractivity contribution in [1.82, 2.24) is 30.3 Å². The van der Waals surface area contributed by atoms with E-state index in [-0.39, 0.29) is 24.5 Å². The molecule has 0 bridgehead atoms. The van der Waals surface area contributed by atoms with Crippen LogP contribution in [0.25, 0.3) is 16.9 Å². The minimum atomic E-state index is -0.0304. The van der Waals surface area contributed by atoms with Crippen LogP contribution in [0.1, 0.15) is 25.7 Å². The van der Waals surface area contributed by atoms with Crippen LogP contribution in [0.3, 0.4) is 0 Å². The highest BCUT2D eigenvalue weighted by Crippen LogP contribution is 2.26.